The smallest absolute Gasteiger partial charge is 0.243 e. The number of nitrogens with zero attached hydrogens (tertiary/aromatic N) is 1. The fourth-order valence-electron chi connectivity index (χ4n) is 3.25. The van der Waals surface area contributed by atoms with E-state index < -0.39 is 6.04 Å². The number of carbonyl (C=O) groups is 2. The van der Waals surface area contributed by atoms with Crippen LogP contribution in [0.15, 0.2) is 54.6 Å². The molecular formula is C24H31ClN2O2. The van der Waals surface area contributed by atoms with Crippen molar-refractivity contribution in [3.8, 4) is 0 Å². The van der Waals surface area contributed by atoms with Crippen LogP contribution in [0.1, 0.15) is 50.7 Å². The predicted octanol–water partition coefficient (Wildman–Crippen LogP) is 5.00. The first kappa shape index (κ1) is 23.0. The van der Waals surface area contributed by atoms with Crippen molar-refractivity contribution in [3.63, 3.8) is 0 Å². The molecule has 0 spiro atoms. The largest absolute Gasteiger partial charge is 0.354 e. The summed E-state index contributed by atoms with van der Waals surface area (Å²) in [5.74, 6) is -0.134. The van der Waals surface area contributed by atoms with E-state index in [1.165, 1.54) is 0 Å². The van der Waals surface area contributed by atoms with Gasteiger partial charge in [0.1, 0.15) is 6.04 Å². The van der Waals surface area contributed by atoms with Crippen molar-refractivity contribution in [2.24, 2.45) is 0 Å². The van der Waals surface area contributed by atoms with E-state index in [9.17, 15) is 9.59 Å². The van der Waals surface area contributed by atoms with Crippen LogP contribution < -0.4 is 5.32 Å². The lowest BCUT2D eigenvalue weighted by molar-refractivity contribution is -0.141. The first-order valence-electron chi connectivity index (χ1n) is 10.4. The third kappa shape index (κ3) is 7.54. The number of amides is 2. The van der Waals surface area contributed by atoms with Gasteiger partial charge in [0, 0.05) is 31.0 Å². The van der Waals surface area contributed by atoms with E-state index in [0.717, 1.165) is 30.4 Å². The van der Waals surface area contributed by atoms with Crippen molar-refractivity contribution in [3.05, 3.63) is 70.7 Å². The highest BCUT2D eigenvalue weighted by Crippen LogP contribution is 2.17. The van der Waals surface area contributed by atoms with Crippen LogP contribution in [0.3, 0.4) is 0 Å². The van der Waals surface area contributed by atoms with Crippen molar-refractivity contribution < 1.29 is 9.59 Å². The minimum atomic E-state index is -0.554. The zero-order chi connectivity index (χ0) is 21.1. The van der Waals surface area contributed by atoms with E-state index in [1.54, 1.807) is 4.90 Å². The van der Waals surface area contributed by atoms with E-state index in [4.69, 9.17) is 11.6 Å². The van der Waals surface area contributed by atoms with Gasteiger partial charge in [0.2, 0.25) is 11.8 Å². The molecule has 0 aliphatic heterocycles. The molecule has 2 amide bonds. The molecule has 1 unspecified atom stereocenters. The molecule has 0 aliphatic carbocycles. The molecule has 0 fully saturated rings. The van der Waals surface area contributed by atoms with Crippen LogP contribution >= 0.6 is 11.6 Å². The summed E-state index contributed by atoms with van der Waals surface area (Å²) in [5.41, 5.74) is 1.99. The zero-order valence-electron chi connectivity index (χ0n) is 17.4. The maximum Gasteiger partial charge on any atom is 0.243 e. The summed E-state index contributed by atoms with van der Waals surface area (Å²) in [6.45, 7) is 4.97. The summed E-state index contributed by atoms with van der Waals surface area (Å²) in [7, 11) is 0. The highest BCUT2D eigenvalue weighted by atomic mass is 35.5. The Hall–Kier alpha value is -2.33. The van der Waals surface area contributed by atoms with E-state index in [0.29, 0.717) is 31.0 Å². The van der Waals surface area contributed by atoms with E-state index in [2.05, 4.69) is 12.2 Å². The molecule has 0 heterocycles. The molecule has 0 saturated heterocycles. The second-order valence-electron chi connectivity index (χ2n) is 7.21. The van der Waals surface area contributed by atoms with Gasteiger partial charge in [0.25, 0.3) is 0 Å². The number of benzene rings is 2. The Kier molecular flexibility index (Phi) is 9.72. The summed E-state index contributed by atoms with van der Waals surface area (Å²) >= 11 is 6.00. The fraction of sp³-hybridized carbons (Fsp3) is 0.417. The molecule has 2 rings (SSSR count). The number of unbranched alkanes of at least 4 members (excludes halogenated alkanes) is 2. The van der Waals surface area contributed by atoms with Crippen molar-refractivity contribution in [2.75, 3.05) is 6.54 Å². The molecule has 5 heteroatoms. The van der Waals surface area contributed by atoms with Crippen LogP contribution in [0.2, 0.25) is 5.02 Å². The van der Waals surface area contributed by atoms with Crippen molar-refractivity contribution in [2.45, 2.75) is 58.5 Å². The predicted molar refractivity (Wildman–Crippen MR) is 119 cm³/mol. The number of hydrogen-bond donors (Lipinski definition) is 1. The molecule has 1 N–H and O–H groups in total. The number of carbonyl (C=O) groups excluding carboxylic acids is 2. The van der Waals surface area contributed by atoms with Crippen LogP contribution in [0.25, 0.3) is 0 Å². The van der Waals surface area contributed by atoms with Gasteiger partial charge in [-0.1, -0.05) is 80.8 Å². The van der Waals surface area contributed by atoms with Gasteiger partial charge >= 0.3 is 0 Å². The number of nitrogens with one attached hydrogen (secondary N) is 1. The molecule has 2 aromatic rings. The molecule has 4 nitrogen and oxygen atoms in total. The first-order chi connectivity index (χ1) is 14.0. The molecule has 0 aromatic heterocycles. The van der Waals surface area contributed by atoms with Gasteiger partial charge in [0.05, 0.1) is 0 Å². The summed E-state index contributed by atoms with van der Waals surface area (Å²) in [4.78, 5) is 27.6. The summed E-state index contributed by atoms with van der Waals surface area (Å²) < 4.78 is 0. The van der Waals surface area contributed by atoms with Crippen LogP contribution in [0.5, 0.6) is 0 Å². The van der Waals surface area contributed by atoms with Crippen LogP contribution in [-0.4, -0.2) is 29.3 Å². The fourth-order valence-corrected chi connectivity index (χ4v) is 3.37. The molecule has 0 bridgehead atoms. The Morgan fingerprint density at radius 3 is 2.28 bits per heavy atom. The SMILES string of the molecule is CCCCCNC(=O)C(Cc1ccccc1)N(Cc1ccc(Cl)cc1)C(=O)CC. The van der Waals surface area contributed by atoms with E-state index in [-0.39, 0.29) is 11.8 Å². The molecule has 0 aliphatic rings. The molecule has 1 atom stereocenters. The molecule has 156 valence electrons. The van der Waals surface area contributed by atoms with Crippen LogP contribution in [0, 0.1) is 0 Å². The van der Waals surface area contributed by atoms with Gasteiger partial charge in [-0.2, -0.15) is 0 Å². The molecule has 0 radical (unpaired) electrons. The maximum absolute atomic E-state index is 13.1. The van der Waals surface area contributed by atoms with Gasteiger partial charge in [-0.15, -0.1) is 0 Å². The molecule has 29 heavy (non-hydrogen) atoms. The summed E-state index contributed by atoms with van der Waals surface area (Å²) in [5, 5.41) is 3.69. The average molecular weight is 415 g/mol. The topological polar surface area (TPSA) is 49.4 Å². The maximum atomic E-state index is 13.1. The molecule has 0 saturated carbocycles. The normalized spacial score (nSPS) is 11.7. The average Bonchev–Trinajstić information content (AvgIpc) is 2.75. The van der Waals surface area contributed by atoms with Crippen LogP contribution in [0.4, 0.5) is 0 Å². The quantitative estimate of drug-likeness (QED) is 0.526. The zero-order valence-corrected chi connectivity index (χ0v) is 18.1. The van der Waals surface area contributed by atoms with Gasteiger partial charge in [-0.25, -0.2) is 0 Å². The van der Waals surface area contributed by atoms with Crippen molar-refractivity contribution in [1.82, 2.24) is 10.2 Å². The third-order valence-corrected chi connectivity index (χ3v) is 5.17. The number of halogens is 1. The van der Waals surface area contributed by atoms with Gasteiger partial charge in [0.15, 0.2) is 0 Å². The number of hydrogen-bond acceptors (Lipinski definition) is 2. The summed E-state index contributed by atoms with van der Waals surface area (Å²) in [6, 6.07) is 16.7. The Labute approximate surface area is 179 Å². The van der Waals surface area contributed by atoms with Crippen molar-refractivity contribution in [1.29, 1.82) is 0 Å². The highest BCUT2D eigenvalue weighted by molar-refractivity contribution is 6.30. The highest BCUT2D eigenvalue weighted by Gasteiger charge is 2.29. The van der Waals surface area contributed by atoms with Gasteiger partial charge in [-0.3, -0.25) is 9.59 Å². The molecular weight excluding hydrogens is 384 g/mol. The lowest BCUT2D eigenvalue weighted by atomic mass is 10.0. The minimum absolute atomic E-state index is 0.0374. The van der Waals surface area contributed by atoms with Crippen molar-refractivity contribution >= 4 is 23.4 Å². The minimum Gasteiger partial charge on any atom is -0.354 e. The second kappa shape index (κ2) is 12.3. The first-order valence-corrected chi connectivity index (χ1v) is 10.8. The van der Waals surface area contributed by atoms with E-state index in [1.807, 2.05) is 61.5 Å². The Bertz CT molecular complexity index is 762. The summed E-state index contributed by atoms with van der Waals surface area (Å²) in [6.07, 6.45) is 3.95. The second-order valence-corrected chi connectivity index (χ2v) is 7.64. The van der Waals surface area contributed by atoms with Gasteiger partial charge in [-0.05, 0) is 29.7 Å². The van der Waals surface area contributed by atoms with Crippen LogP contribution in [-0.2, 0) is 22.6 Å². The number of rotatable bonds is 11. The Balaban J connectivity index is 2.25. The molecule has 2 aromatic carbocycles. The third-order valence-electron chi connectivity index (χ3n) is 4.92. The Morgan fingerprint density at radius 1 is 0.966 bits per heavy atom. The van der Waals surface area contributed by atoms with Gasteiger partial charge < -0.3 is 10.2 Å². The standard InChI is InChI=1S/C24H31ClN2O2/c1-3-5-9-16-26-24(29)22(17-19-10-7-6-8-11-19)27(23(28)4-2)18-20-12-14-21(25)15-13-20/h6-8,10-15,22H,3-5,9,16-18H2,1-2H3,(H,26,29). The lowest BCUT2D eigenvalue weighted by Crippen LogP contribution is -2.50. The monoisotopic (exact) mass is 414 g/mol. The Morgan fingerprint density at radius 2 is 1.66 bits per heavy atom. The lowest BCUT2D eigenvalue weighted by Gasteiger charge is -2.31. The van der Waals surface area contributed by atoms with E-state index >= 15 is 0 Å².